The van der Waals surface area contributed by atoms with Gasteiger partial charge in [0, 0.05) is 45.8 Å². The van der Waals surface area contributed by atoms with E-state index in [1.807, 2.05) is 0 Å². The predicted molar refractivity (Wildman–Crippen MR) is 128 cm³/mol. The van der Waals surface area contributed by atoms with Crippen molar-refractivity contribution < 1.29 is 0 Å². The van der Waals surface area contributed by atoms with Crippen LogP contribution in [0.4, 0.5) is 0 Å². The molecule has 0 aromatic heterocycles. The number of guanidine groups is 1. The number of rotatable bonds is 8. The Balaban J connectivity index is 0.00000364. The van der Waals surface area contributed by atoms with E-state index >= 15 is 0 Å². The average molecular weight is 487 g/mol. The van der Waals surface area contributed by atoms with Gasteiger partial charge in [-0.25, -0.2) is 0 Å². The summed E-state index contributed by atoms with van der Waals surface area (Å²) in [6.07, 6.45) is 1.02. The van der Waals surface area contributed by atoms with Gasteiger partial charge in [0.15, 0.2) is 5.96 Å². The largest absolute Gasteiger partial charge is 0.357 e. The van der Waals surface area contributed by atoms with Crippen LogP contribution in [0.25, 0.3) is 0 Å². The van der Waals surface area contributed by atoms with E-state index in [1.54, 1.807) is 0 Å². The molecular formula is C21H38IN5. The second-order valence-corrected chi connectivity index (χ2v) is 7.21. The van der Waals surface area contributed by atoms with Crippen molar-refractivity contribution in [1.29, 1.82) is 0 Å². The Bertz CT molecular complexity index is 547. The second-order valence-electron chi connectivity index (χ2n) is 7.21. The number of hydrogen-bond donors (Lipinski definition) is 2. The molecular weight excluding hydrogens is 449 g/mol. The first-order chi connectivity index (χ1) is 12.6. The summed E-state index contributed by atoms with van der Waals surface area (Å²) >= 11 is 0. The molecule has 0 saturated carbocycles. The summed E-state index contributed by atoms with van der Waals surface area (Å²) in [5.74, 6) is 0.934. The van der Waals surface area contributed by atoms with Crippen LogP contribution < -0.4 is 10.6 Å². The SMILES string of the molecule is CCNC(=NCCN1CCN(CC)CC1)NCCc1cc(C)cc(C)c1.I. The molecule has 1 aliphatic rings. The van der Waals surface area contributed by atoms with Crippen LogP contribution in [-0.4, -0.2) is 74.7 Å². The number of halogens is 1. The lowest BCUT2D eigenvalue weighted by Gasteiger charge is -2.33. The van der Waals surface area contributed by atoms with Gasteiger partial charge in [0.05, 0.1) is 6.54 Å². The fraction of sp³-hybridized carbons (Fsp3) is 0.667. The Morgan fingerprint density at radius 2 is 1.59 bits per heavy atom. The van der Waals surface area contributed by atoms with E-state index in [1.165, 1.54) is 49.4 Å². The molecule has 1 aliphatic heterocycles. The first-order valence-electron chi connectivity index (χ1n) is 10.1. The molecule has 27 heavy (non-hydrogen) atoms. The molecule has 1 aromatic rings. The molecule has 0 amide bonds. The summed E-state index contributed by atoms with van der Waals surface area (Å²) in [5.41, 5.74) is 4.06. The van der Waals surface area contributed by atoms with E-state index in [0.717, 1.165) is 38.6 Å². The maximum Gasteiger partial charge on any atom is 0.191 e. The third-order valence-electron chi connectivity index (χ3n) is 4.93. The number of hydrogen-bond acceptors (Lipinski definition) is 3. The van der Waals surface area contributed by atoms with Crippen LogP contribution in [0.1, 0.15) is 30.5 Å². The van der Waals surface area contributed by atoms with E-state index in [-0.39, 0.29) is 24.0 Å². The first kappa shape index (κ1) is 24.2. The van der Waals surface area contributed by atoms with Gasteiger partial charge >= 0.3 is 0 Å². The molecule has 154 valence electrons. The zero-order valence-corrected chi connectivity index (χ0v) is 19.9. The van der Waals surface area contributed by atoms with Crippen molar-refractivity contribution >= 4 is 29.9 Å². The average Bonchev–Trinajstić information content (AvgIpc) is 2.61. The van der Waals surface area contributed by atoms with E-state index in [2.05, 4.69) is 66.3 Å². The van der Waals surface area contributed by atoms with Crippen LogP contribution in [0.5, 0.6) is 0 Å². The molecule has 0 atom stereocenters. The lowest BCUT2D eigenvalue weighted by atomic mass is 10.1. The minimum Gasteiger partial charge on any atom is -0.357 e. The number of piperazine rings is 1. The number of aliphatic imine (C=N–C) groups is 1. The lowest BCUT2D eigenvalue weighted by Crippen LogP contribution is -2.47. The van der Waals surface area contributed by atoms with Gasteiger partial charge in [-0.2, -0.15) is 0 Å². The third kappa shape index (κ3) is 9.25. The highest BCUT2D eigenvalue weighted by Crippen LogP contribution is 2.09. The molecule has 0 bridgehead atoms. The number of benzene rings is 1. The van der Waals surface area contributed by atoms with Gasteiger partial charge in [-0.05, 0) is 39.3 Å². The van der Waals surface area contributed by atoms with Crippen molar-refractivity contribution in [2.45, 2.75) is 34.1 Å². The Labute approximate surface area is 183 Å². The molecule has 0 aliphatic carbocycles. The summed E-state index contributed by atoms with van der Waals surface area (Å²) in [6, 6.07) is 6.77. The third-order valence-corrected chi connectivity index (χ3v) is 4.93. The van der Waals surface area contributed by atoms with Crippen molar-refractivity contribution in [3.63, 3.8) is 0 Å². The molecule has 1 heterocycles. The molecule has 0 radical (unpaired) electrons. The second kappa shape index (κ2) is 13.3. The molecule has 5 nitrogen and oxygen atoms in total. The molecule has 1 fully saturated rings. The van der Waals surface area contributed by atoms with Crippen LogP contribution in [0, 0.1) is 13.8 Å². The zero-order chi connectivity index (χ0) is 18.8. The molecule has 0 spiro atoms. The van der Waals surface area contributed by atoms with Crippen LogP contribution in [-0.2, 0) is 6.42 Å². The number of nitrogens with one attached hydrogen (secondary N) is 2. The zero-order valence-electron chi connectivity index (χ0n) is 17.6. The molecule has 1 saturated heterocycles. The van der Waals surface area contributed by atoms with Crippen molar-refractivity contribution in [1.82, 2.24) is 20.4 Å². The van der Waals surface area contributed by atoms with Crippen molar-refractivity contribution in [2.24, 2.45) is 4.99 Å². The van der Waals surface area contributed by atoms with Crippen molar-refractivity contribution in [3.8, 4) is 0 Å². The lowest BCUT2D eigenvalue weighted by molar-refractivity contribution is 0.140. The highest BCUT2D eigenvalue weighted by Gasteiger charge is 2.14. The summed E-state index contributed by atoms with van der Waals surface area (Å²) in [4.78, 5) is 9.79. The van der Waals surface area contributed by atoms with Crippen LogP contribution >= 0.6 is 24.0 Å². The maximum absolute atomic E-state index is 4.75. The standard InChI is InChI=1S/C21H37N5.HI/c1-5-22-21(23-8-7-20-16-18(3)15-19(4)17-20)24-9-10-26-13-11-25(6-2)12-14-26;/h15-17H,5-14H2,1-4H3,(H2,22,23,24);1H. The summed E-state index contributed by atoms with van der Waals surface area (Å²) in [6.45, 7) is 18.3. The van der Waals surface area contributed by atoms with E-state index < -0.39 is 0 Å². The van der Waals surface area contributed by atoms with Gasteiger partial charge in [-0.15, -0.1) is 24.0 Å². The molecule has 2 N–H and O–H groups in total. The quantitative estimate of drug-likeness (QED) is 0.336. The number of nitrogens with zero attached hydrogens (tertiary/aromatic N) is 3. The fourth-order valence-corrected chi connectivity index (χ4v) is 3.51. The van der Waals surface area contributed by atoms with Crippen LogP contribution in [0.15, 0.2) is 23.2 Å². The molecule has 1 aromatic carbocycles. The summed E-state index contributed by atoms with van der Waals surface area (Å²) in [7, 11) is 0. The summed E-state index contributed by atoms with van der Waals surface area (Å²) in [5, 5.41) is 6.83. The smallest absolute Gasteiger partial charge is 0.191 e. The van der Waals surface area contributed by atoms with E-state index in [9.17, 15) is 0 Å². The van der Waals surface area contributed by atoms with E-state index in [0.29, 0.717) is 0 Å². The predicted octanol–water partition coefficient (Wildman–Crippen LogP) is 2.66. The fourth-order valence-electron chi connectivity index (χ4n) is 3.51. The minimum absolute atomic E-state index is 0. The van der Waals surface area contributed by atoms with Crippen LogP contribution in [0.2, 0.25) is 0 Å². The number of likely N-dealkylation sites (N-methyl/N-ethyl adjacent to an activating group) is 1. The monoisotopic (exact) mass is 487 g/mol. The maximum atomic E-state index is 4.75. The van der Waals surface area contributed by atoms with Gasteiger partial charge in [-0.1, -0.05) is 36.2 Å². The van der Waals surface area contributed by atoms with Gasteiger partial charge in [0.2, 0.25) is 0 Å². The normalized spacial score (nSPS) is 16.1. The topological polar surface area (TPSA) is 42.9 Å². The van der Waals surface area contributed by atoms with Crippen molar-refractivity contribution in [3.05, 3.63) is 34.9 Å². The van der Waals surface area contributed by atoms with Gasteiger partial charge < -0.3 is 15.5 Å². The summed E-state index contributed by atoms with van der Waals surface area (Å²) < 4.78 is 0. The van der Waals surface area contributed by atoms with Gasteiger partial charge in [0.1, 0.15) is 0 Å². The van der Waals surface area contributed by atoms with Gasteiger partial charge in [0.25, 0.3) is 0 Å². The van der Waals surface area contributed by atoms with Crippen molar-refractivity contribution in [2.75, 3.05) is 58.9 Å². The number of aryl methyl sites for hydroxylation is 2. The highest BCUT2D eigenvalue weighted by atomic mass is 127. The Morgan fingerprint density at radius 3 is 2.19 bits per heavy atom. The Morgan fingerprint density at radius 1 is 0.963 bits per heavy atom. The minimum atomic E-state index is 0. The Hall–Kier alpha value is -0.860. The van der Waals surface area contributed by atoms with Gasteiger partial charge in [-0.3, -0.25) is 9.89 Å². The highest BCUT2D eigenvalue weighted by molar-refractivity contribution is 14.0. The Kier molecular flexibility index (Phi) is 11.9. The van der Waals surface area contributed by atoms with Crippen LogP contribution in [0.3, 0.4) is 0 Å². The first-order valence-corrected chi connectivity index (χ1v) is 10.1. The molecule has 6 heteroatoms. The van der Waals surface area contributed by atoms with E-state index in [4.69, 9.17) is 4.99 Å². The molecule has 0 unspecified atom stereocenters. The molecule has 2 rings (SSSR count).